The van der Waals surface area contributed by atoms with Crippen LogP contribution in [-0.2, 0) is 0 Å². The normalized spacial score (nSPS) is 10.9. The molecule has 2 N–H and O–H groups in total. The molecule has 2 aromatic carbocycles. The Morgan fingerprint density at radius 1 is 1.18 bits per heavy atom. The number of hydrogen-bond acceptors (Lipinski definition) is 3. The zero-order valence-corrected chi connectivity index (χ0v) is 10.3. The van der Waals surface area contributed by atoms with Gasteiger partial charge in [0.15, 0.2) is 5.13 Å². The quantitative estimate of drug-likeness (QED) is 0.701. The van der Waals surface area contributed by atoms with Gasteiger partial charge in [-0.2, -0.15) is 0 Å². The second kappa shape index (κ2) is 3.86. The SMILES string of the molecule is Cc1ccc2cccc(-c3csc(N)n3)c2c1. The molecule has 84 valence electrons. The van der Waals surface area contributed by atoms with Crippen LogP contribution in [0.5, 0.6) is 0 Å². The van der Waals surface area contributed by atoms with Gasteiger partial charge in [-0.1, -0.05) is 42.0 Å². The summed E-state index contributed by atoms with van der Waals surface area (Å²) in [5, 5.41) is 5.09. The van der Waals surface area contributed by atoms with Crippen molar-refractivity contribution in [1.82, 2.24) is 4.98 Å². The Balaban J connectivity index is 2.32. The van der Waals surface area contributed by atoms with Crippen LogP contribution in [0.15, 0.2) is 41.8 Å². The Morgan fingerprint density at radius 3 is 2.82 bits per heavy atom. The maximum absolute atomic E-state index is 5.70. The summed E-state index contributed by atoms with van der Waals surface area (Å²) in [6.07, 6.45) is 0. The van der Waals surface area contributed by atoms with Gasteiger partial charge in [0.2, 0.25) is 0 Å². The van der Waals surface area contributed by atoms with Crippen molar-refractivity contribution in [3.05, 3.63) is 47.3 Å². The summed E-state index contributed by atoms with van der Waals surface area (Å²) >= 11 is 1.48. The fourth-order valence-corrected chi connectivity index (χ4v) is 2.58. The van der Waals surface area contributed by atoms with Crippen molar-refractivity contribution in [1.29, 1.82) is 0 Å². The van der Waals surface area contributed by atoms with Crippen LogP contribution >= 0.6 is 11.3 Å². The van der Waals surface area contributed by atoms with Crippen molar-refractivity contribution in [2.75, 3.05) is 5.73 Å². The zero-order valence-electron chi connectivity index (χ0n) is 9.47. The molecular formula is C14H12N2S. The van der Waals surface area contributed by atoms with Crippen LogP contribution < -0.4 is 5.73 Å². The predicted molar refractivity (Wildman–Crippen MR) is 74.2 cm³/mol. The number of benzene rings is 2. The third-order valence-electron chi connectivity index (χ3n) is 2.84. The molecule has 0 saturated heterocycles. The van der Waals surface area contributed by atoms with E-state index in [1.54, 1.807) is 0 Å². The number of nitrogens with two attached hydrogens (primary N) is 1. The smallest absolute Gasteiger partial charge is 0.180 e. The number of anilines is 1. The number of fused-ring (bicyclic) bond motifs is 1. The minimum absolute atomic E-state index is 0.615. The van der Waals surface area contributed by atoms with Gasteiger partial charge >= 0.3 is 0 Å². The highest BCUT2D eigenvalue weighted by Gasteiger charge is 2.06. The molecule has 3 heteroatoms. The van der Waals surface area contributed by atoms with E-state index in [-0.39, 0.29) is 0 Å². The number of aryl methyl sites for hydroxylation is 1. The zero-order chi connectivity index (χ0) is 11.8. The van der Waals surface area contributed by atoms with Crippen molar-refractivity contribution in [2.24, 2.45) is 0 Å². The molecular weight excluding hydrogens is 228 g/mol. The molecule has 0 amide bonds. The summed E-state index contributed by atoms with van der Waals surface area (Å²) in [6.45, 7) is 2.10. The van der Waals surface area contributed by atoms with Gasteiger partial charge in [-0.25, -0.2) is 4.98 Å². The molecule has 1 heterocycles. The summed E-state index contributed by atoms with van der Waals surface area (Å²) in [4.78, 5) is 4.36. The molecule has 0 aliphatic carbocycles. The highest BCUT2D eigenvalue weighted by Crippen LogP contribution is 2.30. The van der Waals surface area contributed by atoms with Crippen molar-refractivity contribution >= 4 is 27.2 Å². The molecule has 1 aromatic heterocycles. The van der Waals surface area contributed by atoms with Gasteiger partial charge in [0.05, 0.1) is 5.69 Å². The predicted octanol–water partition coefficient (Wildman–Crippen LogP) is 3.85. The van der Waals surface area contributed by atoms with Crippen LogP contribution in [0.3, 0.4) is 0 Å². The Labute approximate surface area is 104 Å². The molecule has 0 fully saturated rings. The molecule has 0 aliphatic rings. The Hall–Kier alpha value is -1.87. The third-order valence-corrected chi connectivity index (χ3v) is 3.51. The standard InChI is InChI=1S/C14H12N2S/c1-9-5-6-10-3-2-4-11(12(10)7-9)13-8-17-14(15)16-13/h2-8H,1H3,(H2,15,16). The summed E-state index contributed by atoms with van der Waals surface area (Å²) < 4.78 is 0. The van der Waals surface area contributed by atoms with Gasteiger partial charge in [0, 0.05) is 10.9 Å². The van der Waals surface area contributed by atoms with Gasteiger partial charge in [0.25, 0.3) is 0 Å². The Bertz CT molecular complexity index is 686. The second-order valence-corrected chi connectivity index (χ2v) is 4.99. The number of hydrogen-bond donors (Lipinski definition) is 1. The highest BCUT2D eigenvalue weighted by molar-refractivity contribution is 7.13. The van der Waals surface area contributed by atoms with E-state index in [0.29, 0.717) is 5.13 Å². The van der Waals surface area contributed by atoms with Gasteiger partial charge in [-0.15, -0.1) is 11.3 Å². The molecule has 3 rings (SSSR count). The number of aromatic nitrogens is 1. The first-order valence-corrected chi connectivity index (χ1v) is 6.33. The van der Waals surface area contributed by atoms with E-state index in [0.717, 1.165) is 11.3 Å². The van der Waals surface area contributed by atoms with E-state index in [1.807, 2.05) is 5.38 Å². The maximum Gasteiger partial charge on any atom is 0.180 e. The largest absolute Gasteiger partial charge is 0.375 e. The fraction of sp³-hybridized carbons (Fsp3) is 0.0714. The lowest BCUT2D eigenvalue weighted by atomic mass is 10.0. The Morgan fingerprint density at radius 2 is 2.06 bits per heavy atom. The molecule has 0 atom stereocenters. The monoisotopic (exact) mass is 240 g/mol. The van der Waals surface area contributed by atoms with Gasteiger partial charge in [0.1, 0.15) is 0 Å². The molecule has 17 heavy (non-hydrogen) atoms. The van der Waals surface area contributed by atoms with Crippen LogP contribution in [0.1, 0.15) is 5.56 Å². The van der Waals surface area contributed by atoms with Crippen molar-refractivity contribution in [3.8, 4) is 11.3 Å². The van der Waals surface area contributed by atoms with Crippen LogP contribution in [-0.4, -0.2) is 4.98 Å². The average molecular weight is 240 g/mol. The van der Waals surface area contributed by atoms with Crippen LogP contribution in [0.4, 0.5) is 5.13 Å². The minimum atomic E-state index is 0.615. The van der Waals surface area contributed by atoms with Crippen molar-refractivity contribution in [2.45, 2.75) is 6.92 Å². The first kappa shape index (κ1) is 10.3. The van der Waals surface area contributed by atoms with Crippen molar-refractivity contribution < 1.29 is 0 Å². The van der Waals surface area contributed by atoms with E-state index in [1.165, 1.54) is 27.7 Å². The van der Waals surface area contributed by atoms with Crippen LogP contribution in [0.2, 0.25) is 0 Å². The second-order valence-electron chi connectivity index (χ2n) is 4.10. The molecule has 0 aliphatic heterocycles. The lowest BCUT2D eigenvalue weighted by molar-refractivity contribution is 1.42. The first-order valence-electron chi connectivity index (χ1n) is 5.45. The fourth-order valence-electron chi connectivity index (χ4n) is 2.02. The van der Waals surface area contributed by atoms with Gasteiger partial charge < -0.3 is 5.73 Å². The highest BCUT2D eigenvalue weighted by atomic mass is 32.1. The molecule has 0 bridgehead atoms. The van der Waals surface area contributed by atoms with E-state index in [9.17, 15) is 0 Å². The minimum Gasteiger partial charge on any atom is -0.375 e. The molecule has 0 spiro atoms. The van der Waals surface area contributed by atoms with E-state index in [4.69, 9.17) is 5.73 Å². The average Bonchev–Trinajstić information content (AvgIpc) is 2.75. The molecule has 0 radical (unpaired) electrons. The lowest BCUT2D eigenvalue weighted by Crippen LogP contribution is -1.85. The van der Waals surface area contributed by atoms with Crippen LogP contribution in [0.25, 0.3) is 22.0 Å². The van der Waals surface area contributed by atoms with E-state index in [2.05, 4.69) is 48.3 Å². The topological polar surface area (TPSA) is 38.9 Å². The van der Waals surface area contributed by atoms with E-state index >= 15 is 0 Å². The summed E-state index contributed by atoms with van der Waals surface area (Å²) in [7, 11) is 0. The summed E-state index contributed by atoms with van der Waals surface area (Å²) in [5.74, 6) is 0. The number of thiazole rings is 1. The molecule has 0 saturated carbocycles. The summed E-state index contributed by atoms with van der Waals surface area (Å²) in [5.41, 5.74) is 9.07. The molecule has 2 nitrogen and oxygen atoms in total. The maximum atomic E-state index is 5.70. The number of nitrogen functional groups attached to an aromatic ring is 1. The van der Waals surface area contributed by atoms with Gasteiger partial charge in [-0.05, 0) is 17.7 Å². The van der Waals surface area contributed by atoms with Gasteiger partial charge in [-0.3, -0.25) is 0 Å². The summed E-state index contributed by atoms with van der Waals surface area (Å²) in [6, 6.07) is 12.7. The lowest BCUT2D eigenvalue weighted by Gasteiger charge is -2.05. The van der Waals surface area contributed by atoms with Crippen LogP contribution in [0, 0.1) is 6.92 Å². The number of nitrogens with zero attached hydrogens (tertiary/aromatic N) is 1. The number of rotatable bonds is 1. The first-order chi connectivity index (χ1) is 8.24. The van der Waals surface area contributed by atoms with Crippen molar-refractivity contribution in [3.63, 3.8) is 0 Å². The third kappa shape index (κ3) is 1.78. The molecule has 0 unspecified atom stereocenters. The Kier molecular flexibility index (Phi) is 2.34. The van der Waals surface area contributed by atoms with E-state index < -0.39 is 0 Å². The molecule has 3 aromatic rings.